The summed E-state index contributed by atoms with van der Waals surface area (Å²) >= 11 is 8.66. The summed E-state index contributed by atoms with van der Waals surface area (Å²) in [5, 5.41) is 7.65. The normalized spacial score (nSPS) is 10.5. The highest BCUT2D eigenvalue weighted by atomic mass is 79.9. The van der Waals surface area contributed by atoms with Crippen molar-refractivity contribution in [2.45, 2.75) is 6.54 Å². The number of rotatable bonds is 6. The third-order valence-corrected chi connectivity index (χ3v) is 4.02. The van der Waals surface area contributed by atoms with E-state index in [1.54, 1.807) is 20.4 Å². The number of halogens is 1. The topological polar surface area (TPSA) is 54.9 Å². The maximum atomic E-state index is 5.20. The van der Waals surface area contributed by atoms with Crippen molar-refractivity contribution in [3.8, 4) is 11.5 Å². The van der Waals surface area contributed by atoms with Crippen molar-refractivity contribution in [1.29, 1.82) is 0 Å². The van der Waals surface area contributed by atoms with E-state index in [1.165, 1.54) is 0 Å². The van der Waals surface area contributed by atoms with E-state index in [0.717, 1.165) is 27.1 Å². The number of hydrogen-bond donors (Lipinski definition) is 2. The lowest BCUT2D eigenvalue weighted by Gasteiger charge is -2.09. The summed E-state index contributed by atoms with van der Waals surface area (Å²) in [7, 11) is 3.27. The lowest BCUT2D eigenvalue weighted by Crippen LogP contribution is -2.31. The second kappa shape index (κ2) is 9.24. The first-order valence-corrected chi connectivity index (χ1v) is 8.36. The van der Waals surface area contributed by atoms with Crippen LogP contribution in [0.25, 0.3) is 0 Å². The quantitative estimate of drug-likeness (QED) is 0.436. The molecule has 0 spiro atoms. The van der Waals surface area contributed by atoms with E-state index in [-0.39, 0.29) is 0 Å². The number of benzene rings is 2. The molecule has 0 saturated heterocycles. The van der Waals surface area contributed by atoms with Gasteiger partial charge in [-0.1, -0.05) is 6.07 Å². The molecule has 24 heavy (non-hydrogen) atoms. The smallest absolute Gasteiger partial charge is 0.187 e. The standard InChI is InChI=1S/C17H18BrN3O2S/c1-22-14-6-3-12(4-7-14)11-20-21-17(24)19-10-13-5-8-16(23-2)15(18)9-13/h3-9,11H,10H2,1-2H3,(H2,19,21,24)/b20-11-. The van der Waals surface area contributed by atoms with Gasteiger partial charge in [0.25, 0.3) is 0 Å². The van der Waals surface area contributed by atoms with Gasteiger partial charge in [0, 0.05) is 6.54 Å². The molecule has 126 valence electrons. The van der Waals surface area contributed by atoms with Crippen LogP contribution < -0.4 is 20.2 Å². The number of nitrogens with one attached hydrogen (secondary N) is 2. The summed E-state index contributed by atoms with van der Waals surface area (Å²) in [4.78, 5) is 0. The molecule has 0 aliphatic heterocycles. The van der Waals surface area contributed by atoms with E-state index in [1.807, 2.05) is 42.5 Å². The molecule has 2 aromatic rings. The largest absolute Gasteiger partial charge is 0.497 e. The van der Waals surface area contributed by atoms with E-state index in [9.17, 15) is 0 Å². The molecule has 0 unspecified atom stereocenters. The fraction of sp³-hybridized carbons (Fsp3) is 0.176. The maximum Gasteiger partial charge on any atom is 0.187 e. The molecule has 2 aromatic carbocycles. The lowest BCUT2D eigenvalue weighted by molar-refractivity contribution is 0.412. The summed E-state index contributed by atoms with van der Waals surface area (Å²) in [5.41, 5.74) is 4.81. The van der Waals surface area contributed by atoms with E-state index in [4.69, 9.17) is 21.7 Å². The van der Waals surface area contributed by atoms with Gasteiger partial charge < -0.3 is 14.8 Å². The molecule has 0 aliphatic rings. The molecule has 2 rings (SSSR count). The van der Waals surface area contributed by atoms with Crippen molar-refractivity contribution >= 4 is 39.5 Å². The number of thiocarbonyl (C=S) groups is 1. The van der Waals surface area contributed by atoms with Crippen LogP contribution in [0, 0.1) is 0 Å². The van der Waals surface area contributed by atoms with Gasteiger partial charge in [-0.05, 0) is 75.7 Å². The minimum Gasteiger partial charge on any atom is -0.497 e. The second-order valence-corrected chi connectivity index (χ2v) is 6.06. The third kappa shape index (κ3) is 5.50. The summed E-state index contributed by atoms with van der Waals surface area (Å²) in [5.74, 6) is 1.60. The Morgan fingerprint density at radius 3 is 2.54 bits per heavy atom. The summed E-state index contributed by atoms with van der Waals surface area (Å²) < 4.78 is 11.2. The van der Waals surface area contributed by atoms with E-state index in [2.05, 4.69) is 31.8 Å². The summed E-state index contributed by atoms with van der Waals surface area (Å²) in [6.07, 6.45) is 1.69. The van der Waals surface area contributed by atoms with Crippen LogP contribution in [0.3, 0.4) is 0 Å². The molecule has 0 amide bonds. The molecule has 2 N–H and O–H groups in total. The molecule has 0 aliphatic carbocycles. The minimum absolute atomic E-state index is 0.451. The van der Waals surface area contributed by atoms with Gasteiger partial charge in [-0.3, -0.25) is 5.43 Å². The predicted octanol–water partition coefficient (Wildman–Crippen LogP) is 3.46. The van der Waals surface area contributed by atoms with Gasteiger partial charge in [0.1, 0.15) is 11.5 Å². The van der Waals surface area contributed by atoms with Gasteiger partial charge in [0.15, 0.2) is 5.11 Å². The number of ether oxygens (including phenoxy) is 2. The fourth-order valence-electron chi connectivity index (χ4n) is 1.90. The predicted molar refractivity (Wildman–Crippen MR) is 104 cm³/mol. The second-order valence-electron chi connectivity index (χ2n) is 4.79. The first-order valence-electron chi connectivity index (χ1n) is 7.15. The van der Waals surface area contributed by atoms with Gasteiger partial charge in [-0.2, -0.15) is 5.10 Å². The Hall–Kier alpha value is -2.12. The number of hydrazone groups is 1. The van der Waals surface area contributed by atoms with Crippen molar-refractivity contribution < 1.29 is 9.47 Å². The number of nitrogens with zero attached hydrogens (tertiary/aromatic N) is 1. The Kier molecular flexibility index (Phi) is 7.02. The first-order chi connectivity index (χ1) is 11.6. The molecule has 0 fully saturated rings. The third-order valence-electron chi connectivity index (χ3n) is 3.16. The van der Waals surface area contributed by atoms with Crippen molar-refractivity contribution in [2.24, 2.45) is 5.10 Å². The van der Waals surface area contributed by atoms with Crippen LogP contribution >= 0.6 is 28.1 Å². The highest BCUT2D eigenvalue weighted by Gasteiger charge is 2.02. The minimum atomic E-state index is 0.451. The van der Waals surface area contributed by atoms with E-state index in [0.29, 0.717) is 11.7 Å². The number of hydrogen-bond acceptors (Lipinski definition) is 4. The molecule has 0 heterocycles. The van der Waals surface area contributed by atoms with E-state index < -0.39 is 0 Å². The van der Waals surface area contributed by atoms with Crippen LogP contribution in [0.2, 0.25) is 0 Å². The highest BCUT2D eigenvalue weighted by Crippen LogP contribution is 2.25. The van der Waals surface area contributed by atoms with Crippen LogP contribution in [-0.4, -0.2) is 25.5 Å². The Bertz CT molecular complexity index is 720. The van der Waals surface area contributed by atoms with Crippen LogP contribution in [0.4, 0.5) is 0 Å². The fourth-order valence-corrected chi connectivity index (χ4v) is 2.61. The molecular formula is C17H18BrN3O2S. The SMILES string of the molecule is COc1ccc(/C=N\NC(=S)NCc2ccc(OC)c(Br)c2)cc1. The maximum absolute atomic E-state index is 5.20. The molecule has 0 aromatic heterocycles. The molecule has 0 radical (unpaired) electrons. The Morgan fingerprint density at radius 2 is 1.92 bits per heavy atom. The van der Waals surface area contributed by atoms with Gasteiger partial charge in [0.05, 0.1) is 24.9 Å². The average molecular weight is 408 g/mol. The molecule has 0 atom stereocenters. The summed E-state index contributed by atoms with van der Waals surface area (Å²) in [6, 6.07) is 13.4. The van der Waals surface area contributed by atoms with Crippen molar-refractivity contribution in [3.05, 3.63) is 58.1 Å². The van der Waals surface area contributed by atoms with Gasteiger partial charge >= 0.3 is 0 Å². The average Bonchev–Trinajstić information content (AvgIpc) is 2.60. The zero-order valence-electron chi connectivity index (χ0n) is 13.4. The van der Waals surface area contributed by atoms with Crippen LogP contribution in [0.5, 0.6) is 11.5 Å². The van der Waals surface area contributed by atoms with Crippen LogP contribution in [0.1, 0.15) is 11.1 Å². The highest BCUT2D eigenvalue weighted by molar-refractivity contribution is 9.10. The molecule has 0 bridgehead atoms. The van der Waals surface area contributed by atoms with E-state index >= 15 is 0 Å². The monoisotopic (exact) mass is 407 g/mol. The van der Waals surface area contributed by atoms with Crippen molar-refractivity contribution in [3.63, 3.8) is 0 Å². The summed E-state index contributed by atoms with van der Waals surface area (Å²) in [6.45, 7) is 0.590. The molecule has 5 nitrogen and oxygen atoms in total. The Morgan fingerprint density at radius 1 is 1.17 bits per heavy atom. The Labute approximate surface area is 155 Å². The first kappa shape index (κ1) is 18.2. The Balaban J connectivity index is 1.80. The van der Waals surface area contributed by atoms with Crippen molar-refractivity contribution in [1.82, 2.24) is 10.7 Å². The lowest BCUT2D eigenvalue weighted by atomic mass is 10.2. The van der Waals surface area contributed by atoms with Gasteiger partial charge in [-0.15, -0.1) is 0 Å². The molecular weight excluding hydrogens is 390 g/mol. The zero-order valence-corrected chi connectivity index (χ0v) is 15.8. The van der Waals surface area contributed by atoms with Gasteiger partial charge in [0.2, 0.25) is 0 Å². The van der Waals surface area contributed by atoms with Gasteiger partial charge in [-0.25, -0.2) is 0 Å². The van der Waals surface area contributed by atoms with Crippen LogP contribution in [0.15, 0.2) is 52.0 Å². The molecule has 7 heteroatoms. The molecule has 0 saturated carbocycles. The number of methoxy groups -OCH3 is 2. The van der Waals surface area contributed by atoms with Crippen LogP contribution in [-0.2, 0) is 6.54 Å². The zero-order chi connectivity index (χ0) is 17.4. The van der Waals surface area contributed by atoms with Crippen molar-refractivity contribution in [2.75, 3.05) is 14.2 Å².